The Kier molecular flexibility index (Phi) is 3.02. The van der Waals surface area contributed by atoms with E-state index in [1.54, 1.807) is 11.3 Å². The number of aromatic nitrogens is 1. The number of Topliss-reactive ketones (excluding diaryl/α,β-unsaturated/α-hetero) is 1. The highest BCUT2D eigenvalue weighted by atomic mass is 32.1. The van der Waals surface area contributed by atoms with Crippen LogP contribution in [-0.4, -0.2) is 10.8 Å². The quantitative estimate of drug-likeness (QED) is 0.850. The molecule has 0 atom stereocenters. The summed E-state index contributed by atoms with van der Waals surface area (Å²) in [5.74, 6) is 0.326. The largest absolute Gasteiger partial charge is 0.298 e. The molecule has 3 heteroatoms. The summed E-state index contributed by atoms with van der Waals surface area (Å²) in [7, 11) is 0. The highest BCUT2D eigenvalue weighted by Gasteiger charge is 2.50. The minimum atomic E-state index is -0.214. The molecule has 98 valence electrons. The lowest BCUT2D eigenvalue weighted by molar-refractivity contribution is -0.120. The normalized spacial score (nSPS) is 16.3. The molecule has 1 saturated carbocycles. The van der Waals surface area contributed by atoms with Crippen molar-refractivity contribution in [1.82, 2.24) is 4.98 Å². The van der Waals surface area contributed by atoms with Crippen molar-refractivity contribution in [3.05, 3.63) is 51.5 Å². The Morgan fingerprint density at radius 1 is 1.26 bits per heavy atom. The summed E-state index contributed by atoms with van der Waals surface area (Å²) in [4.78, 5) is 18.3. The van der Waals surface area contributed by atoms with Crippen molar-refractivity contribution < 1.29 is 4.79 Å². The first-order valence-corrected chi connectivity index (χ1v) is 7.45. The Bertz CT molecular complexity index is 591. The maximum absolute atomic E-state index is 12.6. The third kappa shape index (κ3) is 2.23. The lowest BCUT2D eigenvalue weighted by Crippen LogP contribution is -2.22. The number of ketones is 1. The fraction of sp³-hybridized carbons (Fsp3) is 0.375. The van der Waals surface area contributed by atoms with E-state index in [2.05, 4.69) is 24.0 Å². The number of thiazole rings is 1. The zero-order valence-corrected chi connectivity index (χ0v) is 12.1. The second-order valence-corrected chi connectivity index (χ2v) is 6.59. The third-order valence-electron chi connectivity index (χ3n) is 3.99. The number of nitrogens with zero attached hydrogens (tertiary/aromatic N) is 1. The molecule has 1 heterocycles. The van der Waals surface area contributed by atoms with Gasteiger partial charge in [0.25, 0.3) is 0 Å². The van der Waals surface area contributed by atoms with Gasteiger partial charge in [-0.1, -0.05) is 30.3 Å². The Hall–Kier alpha value is -1.48. The van der Waals surface area contributed by atoms with Crippen LogP contribution in [-0.2, 0) is 16.6 Å². The van der Waals surface area contributed by atoms with Crippen molar-refractivity contribution in [2.75, 3.05) is 0 Å². The Labute approximate surface area is 117 Å². The van der Waals surface area contributed by atoms with Crippen LogP contribution >= 0.6 is 11.3 Å². The van der Waals surface area contributed by atoms with Gasteiger partial charge in [0, 0.05) is 4.88 Å². The van der Waals surface area contributed by atoms with Gasteiger partial charge in [0.1, 0.15) is 10.8 Å². The van der Waals surface area contributed by atoms with Gasteiger partial charge < -0.3 is 0 Å². The van der Waals surface area contributed by atoms with E-state index in [9.17, 15) is 4.79 Å². The molecule has 0 saturated heterocycles. The van der Waals surface area contributed by atoms with E-state index in [0.717, 1.165) is 23.5 Å². The Morgan fingerprint density at radius 3 is 2.47 bits per heavy atom. The SMILES string of the molecule is Cc1nc(CC(=O)C2(c3ccccc3)CC2)sc1C. The standard InChI is InChI=1S/C16H17NOS/c1-11-12(2)19-15(17-11)10-14(18)16(8-9-16)13-6-4-3-5-7-13/h3-7H,8-10H2,1-2H3. The van der Waals surface area contributed by atoms with Crippen LogP contribution in [0.4, 0.5) is 0 Å². The summed E-state index contributed by atoms with van der Waals surface area (Å²) in [6, 6.07) is 10.2. The molecule has 0 amide bonds. The smallest absolute Gasteiger partial charge is 0.150 e. The van der Waals surface area contributed by atoms with E-state index in [1.165, 1.54) is 10.4 Å². The van der Waals surface area contributed by atoms with Crippen LogP contribution in [0.15, 0.2) is 30.3 Å². The number of carbonyl (C=O) groups excluding carboxylic acids is 1. The lowest BCUT2D eigenvalue weighted by atomic mass is 9.90. The van der Waals surface area contributed by atoms with E-state index in [-0.39, 0.29) is 5.41 Å². The summed E-state index contributed by atoms with van der Waals surface area (Å²) < 4.78 is 0. The van der Waals surface area contributed by atoms with Crippen LogP contribution in [0.25, 0.3) is 0 Å². The molecule has 0 radical (unpaired) electrons. The molecule has 1 aromatic heterocycles. The number of hydrogen-bond acceptors (Lipinski definition) is 3. The van der Waals surface area contributed by atoms with Gasteiger partial charge >= 0.3 is 0 Å². The molecule has 0 aliphatic heterocycles. The molecule has 2 aromatic rings. The molecule has 0 spiro atoms. The van der Waals surface area contributed by atoms with Crippen molar-refractivity contribution in [2.45, 2.75) is 38.5 Å². The van der Waals surface area contributed by atoms with Crippen LogP contribution in [0.2, 0.25) is 0 Å². The molecule has 0 unspecified atom stereocenters. The molecular formula is C16H17NOS. The van der Waals surface area contributed by atoms with Crippen molar-refractivity contribution >= 4 is 17.1 Å². The van der Waals surface area contributed by atoms with Gasteiger partial charge in [0.2, 0.25) is 0 Å². The van der Waals surface area contributed by atoms with E-state index in [4.69, 9.17) is 0 Å². The van der Waals surface area contributed by atoms with Crippen molar-refractivity contribution in [3.63, 3.8) is 0 Å². The average Bonchev–Trinajstić information content (AvgIpc) is 3.15. The van der Waals surface area contributed by atoms with Crippen LogP contribution in [0, 0.1) is 13.8 Å². The van der Waals surface area contributed by atoms with E-state index >= 15 is 0 Å². The minimum Gasteiger partial charge on any atom is -0.298 e. The summed E-state index contributed by atoms with van der Waals surface area (Å²) in [5, 5.41) is 0.960. The molecule has 1 aromatic carbocycles. The van der Waals surface area contributed by atoms with Crippen LogP contribution in [0.5, 0.6) is 0 Å². The highest BCUT2D eigenvalue weighted by molar-refractivity contribution is 7.11. The second kappa shape index (κ2) is 4.57. The number of aryl methyl sites for hydroxylation is 2. The minimum absolute atomic E-state index is 0.214. The monoisotopic (exact) mass is 271 g/mol. The molecule has 19 heavy (non-hydrogen) atoms. The maximum atomic E-state index is 12.6. The van der Waals surface area contributed by atoms with Gasteiger partial charge in [-0.05, 0) is 32.3 Å². The van der Waals surface area contributed by atoms with Crippen LogP contribution < -0.4 is 0 Å². The summed E-state index contributed by atoms with van der Waals surface area (Å²) in [6.07, 6.45) is 2.45. The van der Waals surface area contributed by atoms with E-state index in [1.807, 2.05) is 25.1 Å². The van der Waals surface area contributed by atoms with Crippen molar-refractivity contribution in [1.29, 1.82) is 0 Å². The predicted octanol–water partition coefficient (Wildman–Crippen LogP) is 3.60. The highest BCUT2D eigenvalue weighted by Crippen LogP contribution is 2.49. The molecule has 0 bridgehead atoms. The summed E-state index contributed by atoms with van der Waals surface area (Å²) in [5.41, 5.74) is 2.01. The van der Waals surface area contributed by atoms with Gasteiger partial charge in [-0.3, -0.25) is 4.79 Å². The number of benzene rings is 1. The first-order chi connectivity index (χ1) is 9.12. The van der Waals surface area contributed by atoms with Crippen molar-refractivity contribution in [3.8, 4) is 0 Å². The molecular weight excluding hydrogens is 254 g/mol. The van der Waals surface area contributed by atoms with Gasteiger partial charge in [0.05, 0.1) is 17.5 Å². The molecule has 1 aliphatic rings. The molecule has 1 aliphatic carbocycles. The van der Waals surface area contributed by atoms with Gasteiger partial charge in [0.15, 0.2) is 0 Å². The fourth-order valence-electron chi connectivity index (χ4n) is 2.53. The van der Waals surface area contributed by atoms with Crippen molar-refractivity contribution in [2.24, 2.45) is 0 Å². The van der Waals surface area contributed by atoms with Gasteiger partial charge in [-0.2, -0.15) is 0 Å². The van der Waals surface area contributed by atoms with Crippen LogP contribution in [0.3, 0.4) is 0 Å². The van der Waals surface area contributed by atoms with E-state index < -0.39 is 0 Å². The predicted molar refractivity (Wildman–Crippen MR) is 77.7 cm³/mol. The number of carbonyl (C=O) groups is 1. The van der Waals surface area contributed by atoms with E-state index in [0.29, 0.717) is 12.2 Å². The first-order valence-electron chi connectivity index (χ1n) is 6.63. The molecule has 0 N–H and O–H groups in total. The lowest BCUT2D eigenvalue weighted by Gasteiger charge is -2.13. The fourth-order valence-corrected chi connectivity index (χ4v) is 3.46. The zero-order chi connectivity index (χ0) is 13.5. The average molecular weight is 271 g/mol. The number of hydrogen-bond donors (Lipinski definition) is 0. The zero-order valence-electron chi connectivity index (χ0n) is 11.3. The Morgan fingerprint density at radius 2 is 1.95 bits per heavy atom. The summed E-state index contributed by atoms with van der Waals surface area (Å²) in [6.45, 7) is 4.06. The van der Waals surface area contributed by atoms with Gasteiger partial charge in [-0.25, -0.2) is 4.98 Å². The van der Waals surface area contributed by atoms with Crippen LogP contribution in [0.1, 0.15) is 34.0 Å². The molecule has 2 nitrogen and oxygen atoms in total. The topological polar surface area (TPSA) is 30.0 Å². The number of rotatable bonds is 4. The summed E-state index contributed by atoms with van der Waals surface area (Å²) >= 11 is 1.65. The second-order valence-electron chi connectivity index (χ2n) is 5.30. The first kappa shape index (κ1) is 12.5. The Balaban J connectivity index is 1.81. The molecule has 3 rings (SSSR count). The maximum Gasteiger partial charge on any atom is 0.150 e. The third-order valence-corrected chi connectivity index (χ3v) is 5.07. The van der Waals surface area contributed by atoms with Gasteiger partial charge in [-0.15, -0.1) is 11.3 Å². The molecule has 1 fully saturated rings.